The van der Waals surface area contributed by atoms with Crippen LogP contribution < -0.4 is 10.6 Å². The van der Waals surface area contributed by atoms with Gasteiger partial charge in [0.15, 0.2) is 0 Å². The normalized spacial score (nSPS) is 20.5. The number of anilines is 1. The summed E-state index contributed by atoms with van der Waals surface area (Å²) in [6.07, 6.45) is 4.75. The number of nitrogens with zero attached hydrogens (tertiary/aromatic N) is 3. The third-order valence-corrected chi connectivity index (χ3v) is 4.16. The number of hydrogen-bond acceptors (Lipinski definition) is 4. The second kappa shape index (κ2) is 5.43. The summed E-state index contributed by atoms with van der Waals surface area (Å²) in [6.45, 7) is 5.79. The van der Waals surface area contributed by atoms with Crippen molar-refractivity contribution >= 4 is 22.9 Å². The van der Waals surface area contributed by atoms with Crippen LogP contribution in [0, 0.1) is 5.92 Å². The monoisotopic (exact) mass is 276 g/mol. The molecule has 4 nitrogen and oxygen atoms in total. The predicted octanol–water partition coefficient (Wildman–Crippen LogP) is 1.25. The van der Waals surface area contributed by atoms with Gasteiger partial charge in [-0.15, -0.1) is 0 Å². The predicted molar refractivity (Wildman–Crippen MR) is 81.5 cm³/mol. The molecule has 1 saturated heterocycles. The molecule has 0 aromatic carbocycles. The third kappa shape index (κ3) is 3.22. The molecule has 0 atom stereocenters. The Morgan fingerprint density at radius 3 is 2.53 bits per heavy atom. The van der Waals surface area contributed by atoms with E-state index < -0.39 is 0 Å². The van der Waals surface area contributed by atoms with Gasteiger partial charge in [-0.1, -0.05) is 12.2 Å². The lowest BCUT2D eigenvalue weighted by molar-refractivity contribution is 0.248. The Kier molecular flexibility index (Phi) is 3.66. The van der Waals surface area contributed by atoms with Gasteiger partial charge >= 0.3 is 0 Å². The van der Waals surface area contributed by atoms with Crippen molar-refractivity contribution in [2.45, 2.75) is 12.8 Å². The van der Waals surface area contributed by atoms with Gasteiger partial charge in [-0.3, -0.25) is 9.88 Å². The Morgan fingerprint density at radius 1 is 1.26 bits per heavy atom. The Bertz CT molecular complexity index is 447. The van der Waals surface area contributed by atoms with E-state index in [1.807, 2.05) is 12.3 Å². The molecular weight excluding hydrogens is 256 g/mol. The van der Waals surface area contributed by atoms with E-state index in [1.165, 1.54) is 25.1 Å². The van der Waals surface area contributed by atoms with E-state index in [0.29, 0.717) is 10.7 Å². The first kappa shape index (κ1) is 12.8. The topological polar surface area (TPSA) is 45.4 Å². The summed E-state index contributed by atoms with van der Waals surface area (Å²) >= 11 is 4.92. The van der Waals surface area contributed by atoms with Crippen LogP contribution in [-0.2, 0) is 0 Å². The van der Waals surface area contributed by atoms with Gasteiger partial charge in [0.25, 0.3) is 0 Å². The second-order valence-electron chi connectivity index (χ2n) is 5.50. The van der Waals surface area contributed by atoms with Crippen molar-refractivity contribution in [3.05, 3.63) is 24.0 Å². The van der Waals surface area contributed by atoms with E-state index in [2.05, 4.69) is 20.9 Å². The number of pyridine rings is 1. The van der Waals surface area contributed by atoms with Crippen molar-refractivity contribution in [1.82, 2.24) is 9.88 Å². The van der Waals surface area contributed by atoms with E-state index in [0.717, 1.165) is 32.1 Å². The van der Waals surface area contributed by atoms with Crippen LogP contribution in [0.3, 0.4) is 0 Å². The van der Waals surface area contributed by atoms with Crippen LogP contribution >= 0.6 is 12.2 Å². The maximum Gasteiger partial charge on any atom is 0.122 e. The Labute approximate surface area is 119 Å². The van der Waals surface area contributed by atoms with Crippen LogP contribution in [0.5, 0.6) is 0 Å². The highest BCUT2D eigenvalue weighted by Crippen LogP contribution is 2.30. The highest BCUT2D eigenvalue weighted by Gasteiger charge is 2.26. The first-order valence-electron chi connectivity index (χ1n) is 6.95. The average molecular weight is 276 g/mol. The first-order valence-corrected chi connectivity index (χ1v) is 7.36. The van der Waals surface area contributed by atoms with Crippen LogP contribution in [0.4, 0.5) is 5.69 Å². The van der Waals surface area contributed by atoms with Gasteiger partial charge in [-0.2, -0.15) is 0 Å². The molecule has 1 aliphatic carbocycles. The summed E-state index contributed by atoms with van der Waals surface area (Å²) in [7, 11) is 0. The summed E-state index contributed by atoms with van der Waals surface area (Å²) in [5.41, 5.74) is 7.43. The van der Waals surface area contributed by atoms with E-state index in [-0.39, 0.29) is 0 Å². The van der Waals surface area contributed by atoms with Crippen molar-refractivity contribution in [3.8, 4) is 0 Å². The molecule has 3 rings (SSSR count). The molecule has 2 N–H and O–H groups in total. The Hall–Kier alpha value is -1.20. The van der Waals surface area contributed by atoms with Gasteiger partial charge in [0.2, 0.25) is 0 Å². The molecule has 19 heavy (non-hydrogen) atoms. The van der Waals surface area contributed by atoms with E-state index in [4.69, 9.17) is 18.0 Å². The fourth-order valence-electron chi connectivity index (χ4n) is 2.57. The fourth-order valence-corrected chi connectivity index (χ4v) is 2.69. The molecule has 1 aromatic rings. The number of piperazine rings is 1. The highest BCUT2D eigenvalue weighted by atomic mass is 32.1. The summed E-state index contributed by atoms with van der Waals surface area (Å²) in [5.74, 6) is 0.984. The number of hydrogen-bond donors (Lipinski definition) is 1. The molecule has 2 aliphatic rings. The quantitative estimate of drug-likeness (QED) is 0.839. The van der Waals surface area contributed by atoms with Crippen LogP contribution in [0.1, 0.15) is 18.5 Å². The second-order valence-corrected chi connectivity index (χ2v) is 5.94. The van der Waals surface area contributed by atoms with Gasteiger partial charge in [0, 0.05) is 32.7 Å². The van der Waals surface area contributed by atoms with Gasteiger partial charge in [-0.05, 0) is 30.9 Å². The number of thiocarbonyl (C=S) groups is 1. The summed E-state index contributed by atoms with van der Waals surface area (Å²) in [6, 6.07) is 3.98. The van der Waals surface area contributed by atoms with Crippen molar-refractivity contribution in [3.63, 3.8) is 0 Å². The number of aromatic nitrogens is 1. The van der Waals surface area contributed by atoms with E-state index in [1.54, 1.807) is 0 Å². The minimum Gasteiger partial charge on any atom is -0.388 e. The third-order valence-electron chi connectivity index (χ3n) is 3.95. The van der Waals surface area contributed by atoms with Crippen molar-refractivity contribution < 1.29 is 0 Å². The molecule has 5 heteroatoms. The summed E-state index contributed by atoms with van der Waals surface area (Å²) in [5, 5.41) is 0. The van der Waals surface area contributed by atoms with Gasteiger partial charge in [0.05, 0.1) is 17.6 Å². The van der Waals surface area contributed by atoms with Gasteiger partial charge in [-0.25, -0.2) is 0 Å². The summed E-state index contributed by atoms with van der Waals surface area (Å²) in [4.78, 5) is 9.65. The molecule has 1 aliphatic heterocycles. The lowest BCUT2D eigenvalue weighted by atomic mass is 10.2. The molecule has 1 saturated carbocycles. The molecule has 102 valence electrons. The Balaban J connectivity index is 1.56. The molecule has 0 bridgehead atoms. The molecule has 0 spiro atoms. The first-order chi connectivity index (χ1) is 9.22. The molecular formula is C14H20N4S. The minimum absolute atomic E-state index is 0.362. The average Bonchev–Trinajstić information content (AvgIpc) is 3.24. The standard InChI is InChI=1S/C14H20N4S/c15-14(19)13-4-3-12(9-16-13)18-7-5-17(6-8-18)10-11-1-2-11/h3-4,9,11H,1-2,5-8,10H2,(H2,15,19). The van der Waals surface area contributed by atoms with Crippen molar-refractivity contribution in [2.75, 3.05) is 37.6 Å². The van der Waals surface area contributed by atoms with Crippen LogP contribution in [0.2, 0.25) is 0 Å². The van der Waals surface area contributed by atoms with E-state index >= 15 is 0 Å². The van der Waals surface area contributed by atoms with Crippen molar-refractivity contribution in [2.24, 2.45) is 11.7 Å². The van der Waals surface area contributed by atoms with Crippen LogP contribution in [0.25, 0.3) is 0 Å². The zero-order chi connectivity index (χ0) is 13.2. The maximum absolute atomic E-state index is 5.56. The zero-order valence-electron chi connectivity index (χ0n) is 11.1. The SMILES string of the molecule is NC(=S)c1ccc(N2CCN(CC3CC3)CC2)cn1. The minimum atomic E-state index is 0.362. The lowest BCUT2D eigenvalue weighted by Crippen LogP contribution is -2.47. The number of nitrogens with two attached hydrogens (primary N) is 1. The number of rotatable bonds is 4. The fraction of sp³-hybridized carbons (Fsp3) is 0.571. The molecule has 2 fully saturated rings. The molecule has 1 aromatic heterocycles. The van der Waals surface area contributed by atoms with Crippen molar-refractivity contribution in [1.29, 1.82) is 0 Å². The van der Waals surface area contributed by atoms with Gasteiger partial charge < -0.3 is 10.6 Å². The smallest absolute Gasteiger partial charge is 0.122 e. The maximum atomic E-state index is 5.56. The zero-order valence-corrected chi connectivity index (χ0v) is 11.9. The molecule has 0 radical (unpaired) electrons. The largest absolute Gasteiger partial charge is 0.388 e. The summed E-state index contributed by atoms with van der Waals surface area (Å²) < 4.78 is 0. The highest BCUT2D eigenvalue weighted by molar-refractivity contribution is 7.80. The lowest BCUT2D eigenvalue weighted by Gasteiger charge is -2.36. The van der Waals surface area contributed by atoms with E-state index in [9.17, 15) is 0 Å². The Morgan fingerprint density at radius 2 is 2.00 bits per heavy atom. The van der Waals surface area contributed by atoms with Crippen LogP contribution in [0.15, 0.2) is 18.3 Å². The van der Waals surface area contributed by atoms with Crippen LogP contribution in [-0.4, -0.2) is 47.6 Å². The molecule has 0 unspecified atom stereocenters. The molecule has 2 heterocycles. The molecule has 0 amide bonds. The van der Waals surface area contributed by atoms with Gasteiger partial charge in [0.1, 0.15) is 4.99 Å².